The molecule has 2 heteroatoms. The van der Waals surface area contributed by atoms with Crippen LogP contribution >= 0.6 is 0 Å². The Bertz CT molecular complexity index is 916. The van der Waals surface area contributed by atoms with E-state index in [1.165, 1.54) is 44.9 Å². The van der Waals surface area contributed by atoms with Crippen LogP contribution in [0.3, 0.4) is 0 Å². The van der Waals surface area contributed by atoms with Crippen LogP contribution in [0.1, 0.15) is 98.9 Å². The largest absolute Gasteiger partial charge is 0.206 e. The van der Waals surface area contributed by atoms with Crippen molar-refractivity contribution in [1.29, 1.82) is 0 Å². The summed E-state index contributed by atoms with van der Waals surface area (Å²) in [4.78, 5) is 0. The molecule has 30 heavy (non-hydrogen) atoms. The number of hydrogen-bond donors (Lipinski definition) is 0. The van der Waals surface area contributed by atoms with Gasteiger partial charge in [0.1, 0.15) is 11.6 Å². The van der Waals surface area contributed by atoms with E-state index in [4.69, 9.17) is 0 Å². The van der Waals surface area contributed by atoms with Crippen molar-refractivity contribution < 1.29 is 8.78 Å². The number of hydrogen-bond acceptors (Lipinski definition) is 0. The second-order valence-corrected chi connectivity index (χ2v) is 9.23. The molecule has 2 aromatic carbocycles. The van der Waals surface area contributed by atoms with Gasteiger partial charge in [0.2, 0.25) is 0 Å². The molecule has 0 nitrogen and oxygen atoms in total. The normalized spacial score (nSPS) is 21.3. The first kappa shape index (κ1) is 21.3. The van der Waals surface area contributed by atoms with Crippen molar-refractivity contribution in [1.82, 2.24) is 0 Å². The molecule has 2 aliphatic rings. The minimum absolute atomic E-state index is 0.0735. The number of rotatable bonds is 6. The topological polar surface area (TPSA) is 0 Å². The number of fused-ring (bicyclic) bond motifs is 1. The molecule has 1 saturated carbocycles. The van der Waals surface area contributed by atoms with Crippen LogP contribution in [-0.4, -0.2) is 0 Å². The highest BCUT2D eigenvalue weighted by atomic mass is 19.1. The van der Waals surface area contributed by atoms with E-state index in [1.54, 1.807) is 6.07 Å². The fraction of sp³-hybridized carbons (Fsp3) is 0.500. The zero-order valence-corrected chi connectivity index (χ0v) is 18.4. The molecule has 2 aliphatic carbocycles. The molecule has 0 unspecified atom stereocenters. The third-order valence-electron chi connectivity index (χ3n) is 7.34. The van der Waals surface area contributed by atoms with Gasteiger partial charge in [-0.1, -0.05) is 63.5 Å². The molecule has 0 aromatic heterocycles. The standard InChI is InChI=1S/C28H34F2/c1-3-5-6-19-7-9-21(10-8-19)22-13-15-25(27(29)18-22)23-14-16-26-24(17-23)12-11-20(4-2)28(26)30/h11-13,15,17-19,21H,3-10,14,16H2,1-2H3. The molecule has 2 aromatic rings. The summed E-state index contributed by atoms with van der Waals surface area (Å²) in [7, 11) is 0. The third-order valence-corrected chi connectivity index (χ3v) is 7.34. The maximum atomic E-state index is 15.1. The van der Waals surface area contributed by atoms with Gasteiger partial charge in [-0.15, -0.1) is 0 Å². The van der Waals surface area contributed by atoms with Gasteiger partial charge in [0.15, 0.2) is 0 Å². The Morgan fingerprint density at radius 1 is 0.933 bits per heavy atom. The van der Waals surface area contributed by atoms with Gasteiger partial charge < -0.3 is 0 Å². The maximum absolute atomic E-state index is 15.1. The van der Waals surface area contributed by atoms with Crippen molar-refractivity contribution in [3.05, 3.63) is 69.8 Å². The monoisotopic (exact) mass is 408 g/mol. The number of unbranched alkanes of at least 4 members (excludes halogenated alkanes) is 1. The van der Waals surface area contributed by atoms with E-state index in [-0.39, 0.29) is 11.6 Å². The fourth-order valence-corrected chi connectivity index (χ4v) is 5.40. The highest BCUT2D eigenvalue weighted by Gasteiger charge is 2.24. The van der Waals surface area contributed by atoms with Crippen molar-refractivity contribution in [2.45, 2.75) is 84.0 Å². The van der Waals surface area contributed by atoms with Crippen LogP contribution in [0.4, 0.5) is 8.78 Å². The summed E-state index contributed by atoms with van der Waals surface area (Å²) in [5.74, 6) is 1.16. The van der Waals surface area contributed by atoms with Crippen molar-refractivity contribution >= 4 is 11.6 Å². The van der Waals surface area contributed by atoms with Gasteiger partial charge >= 0.3 is 0 Å². The molecule has 0 N–H and O–H groups in total. The summed E-state index contributed by atoms with van der Waals surface area (Å²) in [6.45, 7) is 4.23. The Balaban J connectivity index is 1.50. The zero-order valence-electron chi connectivity index (χ0n) is 18.4. The third kappa shape index (κ3) is 4.38. The SMILES string of the molecule is CCCCC1CCC(c2ccc(C3=Cc4ccc(CC)c(F)c4CC3)c(F)c2)CC1. The molecule has 0 heterocycles. The quantitative estimate of drug-likeness (QED) is 0.449. The van der Waals surface area contributed by atoms with Gasteiger partial charge in [0.05, 0.1) is 0 Å². The lowest BCUT2D eigenvalue weighted by Crippen LogP contribution is -2.13. The summed E-state index contributed by atoms with van der Waals surface area (Å²) < 4.78 is 29.7. The highest BCUT2D eigenvalue weighted by Crippen LogP contribution is 2.39. The second kappa shape index (κ2) is 9.45. The Labute approximate surface area is 180 Å². The lowest BCUT2D eigenvalue weighted by molar-refractivity contribution is 0.304. The highest BCUT2D eigenvalue weighted by molar-refractivity contribution is 5.84. The fourth-order valence-electron chi connectivity index (χ4n) is 5.40. The number of benzene rings is 2. The van der Waals surface area contributed by atoms with E-state index in [2.05, 4.69) is 13.0 Å². The first-order chi connectivity index (χ1) is 14.6. The lowest BCUT2D eigenvalue weighted by Gasteiger charge is -2.29. The number of aryl methyl sites for hydroxylation is 1. The van der Waals surface area contributed by atoms with Crippen LogP contribution in [0.2, 0.25) is 0 Å². The Morgan fingerprint density at radius 3 is 2.43 bits per heavy atom. The molecule has 0 bridgehead atoms. The molecule has 0 saturated heterocycles. The molecule has 0 spiro atoms. The molecule has 1 fully saturated rings. The van der Waals surface area contributed by atoms with Crippen LogP contribution in [0.5, 0.6) is 0 Å². The van der Waals surface area contributed by atoms with Gasteiger partial charge in [-0.2, -0.15) is 0 Å². The predicted molar refractivity (Wildman–Crippen MR) is 123 cm³/mol. The molecule has 0 amide bonds. The molecule has 4 rings (SSSR count). The minimum Gasteiger partial charge on any atom is -0.206 e. The van der Waals surface area contributed by atoms with Crippen molar-refractivity contribution in [2.75, 3.05) is 0 Å². The first-order valence-corrected chi connectivity index (χ1v) is 11.9. The van der Waals surface area contributed by atoms with E-state index in [9.17, 15) is 4.39 Å². The summed E-state index contributed by atoms with van der Waals surface area (Å²) >= 11 is 0. The number of halogens is 2. The predicted octanol–water partition coefficient (Wildman–Crippen LogP) is 8.48. The van der Waals surface area contributed by atoms with Crippen LogP contribution in [-0.2, 0) is 12.8 Å². The zero-order chi connectivity index (χ0) is 21.1. The van der Waals surface area contributed by atoms with Crippen LogP contribution in [0.25, 0.3) is 11.6 Å². The van der Waals surface area contributed by atoms with Gasteiger partial charge in [0, 0.05) is 5.56 Å². The van der Waals surface area contributed by atoms with Crippen molar-refractivity contribution in [3.8, 4) is 0 Å². The average Bonchev–Trinajstić information content (AvgIpc) is 2.78. The van der Waals surface area contributed by atoms with Gasteiger partial charge in [-0.25, -0.2) is 8.78 Å². The minimum atomic E-state index is -0.124. The lowest BCUT2D eigenvalue weighted by atomic mass is 9.76. The average molecular weight is 409 g/mol. The van der Waals surface area contributed by atoms with Crippen molar-refractivity contribution in [3.63, 3.8) is 0 Å². The molecule has 160 valence electrons. The molecular weight excluding hydrogens is 374 g/mol. The van der Waals surface area contributed by atoms with E-state index in [1.807, 2.05) is 31.2 Å². The Hall–Kier alpha value is -1.96. The summed E-state index contributed by atoms with van der Waals surface area (Å²) in [6.07, 6.45) is 12.9. The Morgan fingerprint density at radius 2 is 1.73 bits per heavy atom. The molecule has 0 radical (unpaired) electrons. The van der Waals surface area contributed by atoms with Gasteiger partial charge in [0.25, 0.3) is 0 Å². The smallest absolute Gasteiger partial charge is 0.130 e. The van der Waals surface area contributed by atoms with Crippen molar-refractivity contribution in [2.24, 2.45) is 5.92 Å². The van der Waals surface area contributed by atoms with E-state index in [0.717, 1.165) is 33.7 Å². The summed E-state index contributed by atoms with van der Waals surface area (Å²) in [5.41, 5.74) is 5.28. The second-order valence-electron chi connectivity index (χ2n) is 9.23. The van der Waals surface area contributed by atoms with Crippen LogP contribution in [0.15, 0.2) is 30.3 Å². The van der Waals surface area contributed by atoms with Crippen LogP contribution < -0.4 is 0 Å². The molecule has 0 aliphatic heterocycles. The van der Waals surface area contributed by atoms with E-state index < -0.39 is 0 Å². The number of allylic oxidation sites excluding steroid dienone is 1. The molecular formula is C28H34F2. The maximum Gasteiger partial charge on any atom is 0.130 e. The first-order valence-electron chi connectivity index (χ1n) is 11.9. The summed E-state index contributed by atoms with van der Waals surface area (Å²) in [5, 5.41) is 0. The van der Waals surface area contributed by atoms with Crippen LogP contribution in [0, 0.1) is 17.6 Å². The summed E-state index contributed by atoms with van der Waals surface area (Å²) in [6, 6.07) is 9.71. The van der Waals surface area contributed by atoms with Gasteiger partial charge in [-0.05, 0) is 90.7 Å². The Kier molecular flexibility index (Phi) is 6.71. The van der Waals surface area contributed by atoms with Gasteiger partial charge in [-0.3, -0.25) is 0 Å². The van der Waals surface area contributed by atoms with E-state index >= 15 is 4.39 Å². The van der Waals surface area contributed by atoms with E-state index in [0.29, 0.717) is 30.7 Å². The molecule has 0 atom stereocenters.